The molecule has 1 unspecified atom stereocenters. The lowest BCUT2D eigenvalue weighted by atomic mass is 10.3. The fourth-order valence-electron chi connectivity index (χ4n) is 1.24. The number of rotatable bonds is 4. The number of benzene rings is 1. The molecule has 0 fully saturated rings. The van der Waals surface area contributed by atoms with Crippen molar-refractivity contribution in [3.63, 3.8) is 0 Å². The zero-order valence-corrected chi connectivity index (χ0v) is 11.6. The van der Waals surface area contributed by atoms with Crippen LogP contribution in [0.15, 0.2) is 12.1 Å². The molecular formula is C10H10Cl2N2O3S. The maximum absolute atomic E-state index is 11.8. The Morgan fingerprint density at radius 2 is 1.94 bits per heavy atom. The van der Waals surface area contributed by atoms with Crippen LogP contribution >= 0.6 is 23.2 Å². The molecule has 0 radical (unpaired) electrons. The topological polar surface area (TPSA) is 90.2 Å². The van der Waals surface area contributed by atoms with E-state index in [1.807, 2.05) is 0 Å². The van der Waals surface area contributed by atoms with Gasteiger partial charge < -0.3 is 5.11 Å². The van der Waals surface area contributed by atoms with Gasteiger partial charge in [0.2, 0.25) is 10.0 Å². The van der Waals surface area contributed by atoms with Crippen molar-refractivity contribution in [1.82, 2.24) is 0 Å². The van der Waals surface area contributed by atoms with Crippen LogP contribution in [0.25, 0.3) is 0 Å². The molecular weight excluding hydrogens is 299 g/mol. The molecule has 0 saturated heterocycles. The van der Waals surface area contributed by atoms with Crippen molar-refractivity contribution in [2.75, 3.05) is 4.72 Å². The summed E-state index contributed by atoms with van der Waals surface area (Å²) in [7, 11) is -3.83. The van der Waals surface area contributed by atoms with Gasteiger partial charge >= 0.3 is 0 Å². The third kappa shape index (κ3) is 3.19. The molecule has 1 aromatic rings. The monoisotopic (exact) mass is 308 g/mol. The second kappa shape index (κ2) is 5.65. The predicted molar refractivity (Wildman–Crippen MR) is 70.4 cm³/mol. The van der Waals surface area contributed by atoms with Crippen LogP contribution < -0.4 is 4.72 Å². The Balaban J connectivity index is 3.10. The molecule has 0 aliphatic rings. The van der Waals surface area contributed by atoms with Crippen molar-refractivity contribution in [3.8, 4) is 11.8 Å². The number of hydrogen-bond donors (Lipinski definition) is 2. The zero-order chi connectivity index (χ0) is 13.9. The molecule has 1 atom stereocenters. The Kier molecular flexibility index (Phi) is 4.68. The van der Waals surface area contributed by atoms with Gasteiger partial charge in [-0.05, 0) is 18.6 Å². The van der Waals surface area contributed by atoms with E-state index >= 15 is 0 Å². The van der Waals surface area contributed by atoms with Crippen molar-refractivity contribution in [3.05, 3.63) is 22.2 Å². The molecule has 1 rings (SSSR count). The van der Waals surface area contributed by atoms with E-state index in [0.29, 0.717) is 0 Å². The van der Waals surface area contributed by atoms with Gasteiger partial charge in [0.05, 0.1) is 21.8 Å². The van der Waals surface area contributed by atoms with Crippen molar-refractivity contribution in [1.29, 1.82) is 5.26 Å². The lowest BCUT2D eigenvalue weighted by molar-refractivity contribution is 0.476. The van der Waals surface area contributed by atoms with Crippen LogP contribution in [-0.2, 0) is 10.0 Å². The molecule has 8 heteroatoms. The van der Waals surface area contributed by atoms with Crippen LogP contribution in [-0.4, -0.2) is 18.8 Å². The number of nitriles is 1. The number of sulfonamides is 1. The smallest absolute Gasteiger partial charge is 0.249 e. The second-order valence-electron chi connectivity index (χ2n) is 3.46. The SMILES string of the molecule is CCC(C#N)S(=O)(=O)Nc1cc(Cl)c(O)c(Cl)c1. The standard InChI is InChI=1S/C10H10Cl2N2O3S/c1-2-7(5-13)18(16,17)14-6-3-8(11)10(15)9(12)4-6/h3-4,7,14-15H,2H2,1H3. The lowest BCUT2D eigenvalue weighted by Gasteiger charge is -2.12. The molecule has 0 spiro atoms. The number of nitrogens with zero attached hydrogens (tertiary/aromatic N) is 1. The minimum absolute atomic E-state index is 0.0785. The molecule has 0 saturated carbocycles. The number of hydrogen-bond acceptors (Lipinski definition) is 4. The first-order valence-electron chi connectivity index (χ1n) is 4.91. The van der Waals surface area contributed by atoms with Gasteiger partial charge in [-0.15, -0.1) is 0 Å². The highest BCUT2D eigenvalue weighted by molar-refractivity contribution is 7.93. The highest BCUT2D eigenvalue weighted by atomic mass is 35.5. The minimum Gasteiger partial charge on any atom is -0.505 e. The van der Waals surface area contributed by atoms with Crippen LogP contribution in [0.5, 0.6) is 5.75 Å². The summed E-state index contributed by atoms with van der Waals surface area (Å²) in [5, 5.41) is 16.7. The summed E-state index contributed by atoms with van der Waals surface area (Å²) in [5.74, 6) is -0.325. The van der Waals surface area contributed by atoms with Crippen molar-refractivity contribution in [2.45, 2.75) is 18.6 Å². The number of halogens is 2. The van der Waals surface area contributed by atoms with E-state index in [1.165, 1.54) is 12.1 Å². The Morgan fingerprint density at radius 1 is 1.44 bits per heavy atom. The van der Waals surface area contributed by atoms with Crippen LogP contribution in [0, 0.1) is 11.3 Å². The Labute approximate surface area is 115 Å². The summed E-state index contributed by atoms with van der Waals surface area (Å²) in [6, 6.07) is 4.11. The largest absolute Gasteiger partial charge is 0.505 e. The van der Waals surface area contributed by atoms with Crippen LogP contribution in [0.3, 0.4) is 0 Å². The van der Waals surface area contributed by atoms with Crippen LogP contribution in [0.2, 0.25) is 10.0 Å². The maximum Gasteiger partial charge on any atom is 0.249 e. The highest BCUT2D eigenvalue weighted by Gasteiger charge is 2.23. The first-order chi connectivity index (χ1) is 8.31. The molecule has 0 amide bonds. The summed E-state index contributed by atoms with van der Waals surface area (Å²) in [6.45, 7) is 1.59. The number of phenolic OH excluding ortho intramolecular Hbond substituents is 1. The molecule has 5 nitrogen and oxygen atoms in total. The van der Waals surface area contributed by atoms with E-state index in [9.17, 15) is 13.5 Å². The Hall–Kier alpha value is -1.16. The average Bonchev–Trinajstić information content (AvgIpc) is 2.26. The number of aromatic hydroxyl groups is 1. The fourth-order valence-corrected chi connectivity index (χ4v) is 2.89. The summed E-state index contributed by atoms with van der Waals surface area (Å²) in [5.41, 5.74) is 0.0940. The van der Waals surface area contributed by atoms with Crippen LogP contribution in [0.4, 0.5) is 5.69 Å². The molecule has 0 aromatic heterocycles. The minimum atomic E-state index is -3.83. The van der Waals surface area contributed by atoms with E-state index in [2.05, 4.69) is 4.72 Å². The van der Waals surface area contributed by atoms with Gasteiger partial charge in [0, 0.05) is 0 Å². The lowest BCUT2D eigenvalue weighted by Crippen LogP contribution is -2.25. The van der Waals surface area contributed by atoms with E-state index < -0.39 is 15.3 Å². The molecule has 0 bridgehead atoms. The van der Waals surface area contributed by atoms with E-state index in [1.54, 1.807) is 13.0 Å². The molecule has 0 aliphatic carbocycles. The molecule has 0 heterocycles. The van der Waals surface area contributed by atoms with Gasteiger partial charge in [0.15, 0.2) is 11.0 Å². The quantitative estimate of drug-likeness (QED) is 0.837. The van der Waals surface area contributed by atoms with Gasteiger partial charge in [-0.3, -0.25) is 4.72 Å². The number of nitrogens with one attached hydrogen (secondary N) is 1. The second-order valence-corrected chi connectivity index (χ2v) is 6.14. The first-order valence-corrected chi connectivity index (χ1v) is 7.21. The van der Waals surface area contributed by atoms with Gasteiger partial charge in [0.25, 0.3) is 0 Å². The van der Waals surface area contributed by atoms with E-state index in [0.717, 1.165) is 0 Å². The van der Waals surface area contributed by atoms with Crippen molar-refractivity contribution < 1.29 is 13.5 Å². The first kappa shape index (κ1) is 14.9. The van der Waals surface area contributed by atoms with Gasteiger partial charge in [-0.2, -0.15) is 5.26 Å². The molecule has 98 valence electrons. The maximum atomic E-state index is 11.8. The molecule has 1 aromatic carbocycles. The van der Waals surface area contributed by atoms with Gasteiger partial charge in [0.1, 0.15) is 0 Å². The third-order valence-corrected chi connectivity index (χ3v) is 4.45. The average molecular weight is 309 g/mol. The molecule has 18 heavy (non-hydrogen) atoms. The summed E-state index contributed by atoms with van der Waals surface area (Å²) in [6.07, 6.45) is 0.158. The fraction of sp³-hybridized carbons (Fsp3) is 0.300. The van der Waals surface area contributed by atoms with Crippen molar-refractivity contribution >= 4 is 38.9 Å². The molecule has 0 aliphatic heterocycles. The summed E-state index contributed by atoms with van der Waals surface area (Å²) in [4.78, 5) is 0. The normalized spacial score (nSPS) is 12.8. The summed E-state index contributed by atoms with van der Waals surface area (Å²) < 4.78 is 25.8. The Morgan fingerprint density at radius 3 is 2.33 bits per heavy atom. The van der Waals surface area contributed by atoms with Crippen molar-refractivity contribution in [2.24, 2.45) is 0 Å². The van der Waals surface area contributed by atoms with Crippen LogP contribution in [0.1, 0.15) is 13.3 Å². The zero-order valence-electron chi connectivity index (χ0n) is 9.31. The molecule has 2 N–H and O–H groups in total. The van der Waals surface area contributed by atoms with E-state index in [-0.39, 0.29) is 27.9 Å². The van der Waals surface area contributed by atoms with E-state index in [4.69, 9.17) is 28.5 Å². The van der Waals surface area contributed by atoms with Gasteiger partial charge in [-0.25, -0.2) is 8.42 Å². The highest BCUT2D eigenvalue weighted by Crippen LogP contribution is 2.35. The Bertz CT molecular complexity index is 573. The number of phenols is 1. The predicted octanol–water partition coefficient (Wildman–Crippen LogP) is 2.74. The summed E-state index contributed by atoms with van der Waals surface area (Å²) >= 11 is 11.3. The number of anilines is 1. The third-order valence-electron chi connectivity index (χ3n) is 2.17. The van der Waals surface area contributed by atoms with Gasteiger partial charge in [-0.1, -0.05) is 30.1 Å².